The highest BCUT2D eigenvalue weighted by Gasteiger charge is 2.28. The second kappa shape index (κ2) is 14.7. The maximum atomic E-state index is 13.0. The normalized spacial score (nSPS) is 14.7. The predicted octanol–water partition coefficient (Wildman–Crippen LogP) is 5.57. The van der Waals surface area contributed by atoms with Crippen LogP contribution in [0.1, 0.15) is 25.8 Å². The van der Waals surface area contributed by atoms with Gasteiger partial charge in [0, 0.05) is 36.5 Å². The van der Waals surface area contributed by atoms with Crippen molar-refractivity contribution >= 4 is 31.3 Å². The van der Waals surface area contributed by atoms with E-state index in [0.717, 1.165) is 0 Å². The third-order valence-corrected chi connectivity index (χ3v) is 7.35. The summed E-state index contributed by atoms with van der Waals surface area (Å²) in [7, 11) is -2.44. The molecular formula is C27H33N4O10P. The van der Waals surface area contributed by atoms with Crippen LogP contribution in [0.25, 0.3) is 11.3 Å². The number of ether oxygens (including phenoxy) is 3. The summed E-state index contributed by atoms with van der Waals surface area (Å²) in [6.07, 6.45) is 2.55. The van der Waals surface area contributed by atoms with E-state index in [-0.39, 0.29) is 37.3 Å². The molecule has 42 heavy (non-hydrogen) atoms. The highest BCUT2D eigenvalue weighted by Crippen LogP contribution is 2.49. The van der Waals surface area contributed by atoms with Crippen LogP contribution in [0.5, 0.6) is 11.5 Å². The Bertz CT molecular complexity index is 1390. The molecule has 2 aromatic carbocycles. The zero-order chi connectivity index (χ0) is 30.0. The first-order chi connectivity index (χ1) is 20.3. The molecule has 15 heteroatoms. The van der Waals surface area contributed by atoms with Gasteiger partial charge in [0.15, 0.2) is 12.2 Å². The Kier molecular flexibility index (Phi) is 10.8. The van der Waals surface area contributed by atoms with Crippen LogP contribution in [0.4, 0.5) is 21.0 Å². The number of aromatic nitrogens is 1. The number of phosphoric ester groups is 1. The number of benzene rings is 2. The van der Waals surface area contributed by atoms with Crippen molar-refractivity contribution < 1.29 is 46.4 Å². The minimum atomic E-state index is -3.94. The lowest BCUT2D eigenvalue weighted by molar-refractivity contribution is 0.0828. The Morgan fingerprint density at radius 2 is 1.86 bits per heavy atom. The molecule has 1 saturated heterocycles. The number of carbonyl (C=O) groups is 2. The molecule has 0 spiro atoms. The van der Waals surface area contributed by atoms with E-state index >= 15 is 0 Å². The number of carbonyl (C=O) groups excluding carboxylic acids is 2. The molecule has 1 atom stereocenters. The number of phosphoric acid groups is 1. The van der Waals surface area contributed by atoms with Crippen LogP contribution in [0, 0.1) is 0 Å². The lowest BCUT2D eigenvalue weighted by Gasteiger charge is -2.19. The number of alkyl carbamates (subject to hydrolysis) is 1. The first-order valence-electron chi connectivity index (χ1n) is 13.2. The monoisotopic (exact) mass is 604 g/mol. The van der Waals surface area contributed by atoms with Crippen LogP contribution in [0.3, 0.4) is 0 Å². The molecule has 1 aliphatic heterocycles. The van der Waals surface area contributed by atoms with Gasteiger partial charge in [-0.1, -0.05) is 0 Å². The number of amides is 3. The third kappa shape index (κ3) is 8.70. The first kappa shape index (κ1) is 30.8. The molecule has 2 heterocycles. The molecule has 4 rings (SSSR count). The van der Waals surface area contributed by atoms with E-state index in [1.165, 1.54) is 19.6 Å². The van der Waals surface area contributed by atoms with E-state index in [9.17, 15) is 14.2 Å². The molecule has 1 fully saturated rings. The quantitative estimate of drug-likeness (QED) is 0.209. The van der Waals surface area contributed by atoms with Gasteiger partial charge in [0.1, 0.15) is 17.6 Å². The lowest BCUT2D eigenvalue weighted by Crippen LogP contribution is -2.28. The van der Waals surface area contributed by atoms with Gasteiger partial charge in [0.2, 0.25) is 0 Å². The van der Waals surface area contributed by atoms with Gasteiger partial charge in [-0.05, 0) is 43.7 Å². The van der Waals surface area contributed by atoms with Crippen LogP contribution in [0.15, 0.2) is 53.4 Å². The number of nitrogens with zero attached hydrogens (tertiary/aromatic N) is 1. The van der Waals surface area contributed by atoms with Crippen LogP contribution in [0.2, 0.25) is 0 Å². The molecule has 14 nitrogen and oxygen atoms in total. The summed E-state index contributed by atoms with van der Waals surface area (Å²) >= 11 is 0. The van der Waals surface area contributed by atoms with E-state index in [2.05, 4.69) is 20.9 Å². The minimum absolute atomic E-state index is 0.0216. The van der Waals surface area contributed by atoms with Crippen LogP contribution >= 0.6 is 7.82 Å². The van der Waals surface area contributed by atoms with E-state index < -0.39 is 19.9 Å². The summed E-state index contributed by atoms with van der Waals surface area (Å²) in [5.41, 5.74) is 1.90. The molecule has 3 N–H and O–H groups in total. The van der Waals surface area contributed by atoms with Crippen molar-refractivity contribution in [3.8, 4) is 22.8 Å². The molecule has 0 saturated carbocycles. The maximum absolute atomic E-state index is 13.0. The van der Waals surface area contributed by atoms with Crippen molar-refractivity contribution in [3.63, 3.8) is 0 Å². The fourth-order valence-corrected chi connectivity index (χ4v) is 5.19. The third-order valence-electron chi connectivity index (χ3n) is 5.77. The molecule has 0 bridgehead atoms. The summed E-state index contributed by atoms with van der Waals surface area (Å²) in [6.45, 7) is 4.38. The summed E-state index contributed by atoms with van der Waals surface area (Å²) in [5, 5.41) is 8.11. The smallest absolute Gasteiger partial charge is 0.496 e. The van der Waals surface area contributed by atoms with Gasteiger partial charge in [-0.2, -0.15) is 0 Å². The summed E-state index contributed by atoms with van der Waals surface area (Å²) in [5.74, 6) is 1.06. The van der Waals surface area contributed by atoms with Gasteiger partial charge >= 0.3 is 19.9 Å². The predicted molar refractivity (Wildman–Crippen MR) is 152 cm³/mol. The van der Waals surface area contributed by atoms with E-state index in [0.29, 0.717) is 48.0 Å². The highest BCUT2D eigenvalue weighted by molar-refractivity contribution is 7.48. The van der Waals surface area contributed by atoms with E-state index in [4.69, 9.17) is 32.2 Å². The zero-order valence-electron chi connectivity index (χ0n) is 23.4. The van der Waals surface area contributed by atoms with Gasteiger partial charge < -0.3 is 39.1 Å². The van der Waals surface area contributed by atoms with Gasteiger partial charge in [-0.25, -0.2) is 19.1 Å². The SMILES string of the molecule is CCOP(=O)(OCC)Oc1cc(CNC(=O)O[C@H]2CCOC2)cc(NC(=O)Nc2ccc(-c3cnco3)c(OC)c2)c1. The van der Waals surface area contributed by atoms with Gasteiger partial charge in [0.25, 0.3) is 0 Å². The second-order valence-corrected chi connectivity index (χ2v) is 10.4. The number of nitrogens with one attached hydrogen (secondary N) is 3. The Labute approximate surface area is 242 Å². The average molecular weight is 605 g/mol. The molecule has 1 aliphatic rings. The Hall–Kier alpha value is -4.10. The largest absolute Gasteiger partial charge is 0.530 e. The number of rotatable bonds is 13. The number of oxazole rings is 1. The van der Waals surface area contributed by atoms with E-state index in [1.807, 2.05) is 0 Å². The zero-order valence-corrected chi connectivity index (χ0v) is 24.3. The number of methoxy groups -OCH3 is 1. The molecule has 0 aliphatic carbocycles. The molecule has 1 aromatic heterocycles. The van der Waals surface area contributed by atoms with Crippen LogP contribution in [-0.2, 0) is 29.6 Å². The standard InChI is InChI=1S/C27H33N4O10P/c1-4-38-42(34,39-5-2)41-22-11-18(14-29-27(33)40-21-8-9-36-16-21)10-20(12-22)31-26(32)30-19-6-7-23(24(13-19)35-3)25-15-28-17-37-25/h6-7,10-13,15,17,21H,4-5,8-9,14,16H2,1-3H3,(H,29,33)(H2,30,31,32)/t21-/m0/s1. The minimum Gasteiger partial charge on any atom is -0.496 e. The van der Waals surface area contributed by atoms with Gasteiger partial charge in [-0.15, -0.1) is 0 Å². The lowest BCUT2D eigenvalue weighted by atomic mass is 10.1. The van der Waals surface area contributed by atoms with E-state index in [1.54, 1.807) is 50.4 Å². The molecule has 3 amide bonds. The van der Waals surface area contributed by atoms with Gasteiger partial charge in [-0.3, -0.25) is 9.05 Å². The van der Waals surface area contributed by atoms with Crippen molar-refractivity contribution in [1.82, 2.24) is 10.3 Å². The van der Waals surface area contributed by atoms with Crippen molar-refractivity contribution in [1.29, 1.82) is 0 Å². The number of anilines is 2. The molecular weight excluding hydrogens is 571 g/mol. The fraction of sp³-hybridized carbons (Fsp3) is 0.370. The Balaban J connectivity index is 1.49. The number of hydrogen-bond donors (Lipinski definition) is 3. The summed E-state index contributed by atoms with van der Waals surface area (Å²) < 4.78 is 50.4. The molecule has 226 valence electrons. The Morgan fingerprint density at radius 1 is 1.07 bits per heavy atom. The fourth-order valence-electron chi connectivity index (χ4n) is 4.01. The topological polar surface area (TPSA) is 169 Å². The van der Waals surface area contributed by atoms with Crippen molar-refractivity contribution in [3.05, 3.63) is 54.6 Å². The number of urea groups is 1. The molecule has 0 unspecified atom stereocenters. The number of hydrogen-bond acceptors (Lipinski definition) is 11. The average Bonchev–Trinajstić information content (AvgIpc) is 3.67. The Morgan fingerprint density at radius 3 is 2.52 bits per heavy atom. The van der Waals surface area contributed by atoms with Crippen molar-refractivity contribution in [2.75, 3.05) is 44.2 Å². The first-order valence-corrected chi connectivity index (χ1v) is 14.7. The van der Waals surface area contributed by atoms with Crippen LogP contribution in [-0.4, -0.2) is 56.7 Å². The van der Waals surface area contributed by atoms with Crippen molar-refractivity contribution in [2.45, 2.75) is 32.9 Å². The van der Waals surface area contributed by atoms with Crippen molar-refractivity contribution in [2.24, 2.45) is 0 Å². The molecule has 3 aromatic rings. The van der Waals surface area contributed by atoms with Gasteiger partial charge in [0.05, 0.1) is 45.3 Å². The highest BCUT2D eigenvalue weighted by atomic mass is 31.2. The maximum Gasteiger partial charge on any atom is 0.530 e. The second-order valence-electron chi connectivity index (χ2n) is 8.84. The summed E-state index contributed by atoms with van der Waals surface area (Å²) in [6, 6.07) is 9.06. The summed E-state index contributed by atoms with van der Waals surface area (Å²) in [4.78, 5) is 29.1. The molecule has 0 radical (unpaired) electrons. The van der Waals surface area contributed by atoms with Crippen LogP contribution < -0.4 is 25.2 Å².